The Morgan fingerprint density at radius 3 is 2.00 bits per heavy atom. The second-order valence-electron chi connectivity index (χ2n) is 7.62. The molecule has 20 heavy (non-hydrogen) atoms. The Kier molecular flexibility index (Phi) is 4.78. The van der Waals surface area contributed by atoms with Crippen LogP contribution in [0.5, 0.6) is 11.5 Å². The summed E-state index contributed by atoms with van der Waals surface area (Å²) in [5.74, 6) is 1.32. The summed E-state index contributed by atoms with van der Waals surface area (Å²) in [6, 6.07) is 2.01. The van der Waals surface area contributed by atoms with E-state index in [4.69, 9.17) is 4.74 Å². The Morgan fingerprint density at radius 2 is 1.60 bits per heavy atom. The molecule has 0 bridgehead atoms. The number of phenolic OH excluding ortho intramolecular Hbond substituents is 1. The van der Waals surface area contributed by atoms with Crippen molar-refractivity contribution >= 4 is 0 Å². The van der Waals surface area contributed by atoms with Crippen molar-refractivity contribution in [2.24, 2.45) is 0 Å². The van der Waals surface area contributed by atoms with E-state index in [1.165, 1.54) is 0 Å². The van der Waals surface area contributed by atoms with Gasteiger partial charge in [0.15, 0.2) is 0 Å². The summed E-state index contributed by atoms with van der Waals surface area (Å²) in [7, 11) is 0. The fourth-order valence-corrected chi connectivity index (χ4v) is 2.59. The molecule has 0 saturated heterocycles. The minimum atomic E-state index is -0.111. The maximum absolute atomic E-state index is 10.7. The van der Waals surface area contributed by atoms with E-state index < -0.39 is 0 Å². The molecule has 0 heterocycles. The van der Waals surface area contributed by atoms with Crippen molar-refractivity contribution in [2.75, 3.05) is 6.61 Å². The largest absolute Gasteiger partial charge is 0.507 e. The van der Waals surface area contributed by atoms with Crippen LogP contribution in [-0.2, 0) is 10.8 Å². The Hall–Kier alpha value is -1.18. The molecule has 1 N–H and O–H groups in total. The molecule has 0 aliphatic rings. The highest BCUT2D eigenvalue weighted by molar-refractivity contribution is 5.57. The third kappa shape index (κ3) is 3.47. The van der Waals surface area contributed by atoms with E-state index in [0.717, 1.165) is 28.9 Å². The van der Waals surface area contributed by atoms with Gasteiger partial charge in [0, 0.05) is 11.1 Å². The zero-order valence-electron chi connectivity index (χ0n) is 14.3. The van der Waals surface area contributed by atoms with Gasteiger partial charge in [0.1, 0.15) is 11.5 Å². The Morgan fingerprint density at radius 1 is 1.05 bits per heavy atom. The van der Waals surface area contributed by atoms with Crippen LogP contribution in [0.15, 0.2) is 6.07 Å². The zero-order valence-corrected chi connectivity index (χ0v) is 14.3. The van der Waals surface area contributed by atoms with Crippen LogP contribution >= 0.6 is 0 Å². The van der Waals surface area contributed by atoms with Crippen LogP contribution in [0.2, 0.25) is 0 Å². The first kappa shape index (κ1) is 16.9. The highest BCUT2D eigenvalue weighted by Gasteiger charge is 2.29. The lowest BCUT2D eigenvalue weighted by molar-refractivity contribution is 0.311. The van der Waals surface area contributed by atoms with Crippen LogP contribution in [0.4, 0.5) is 0 Å². The predicted octanol–water partition coefficient (Wildman–Crippen LogP) is 5.08. The predicted molar refractivity (Wildman–Crippen MR) is 86.0 cm³/mol. The van der Waals surface area contributed by atoms with Crippen LogP contribution in [0.25, 0.3) is 0 Å². The standard InChI is InChI=1S/C18H30O2/c1-9-10-20-14-11-13(17(3,4)5)16(19)15(12(14)2)18(6,7)8/h11,19H,9-10H2,1-8H3. The fourth-order valence-electron chi connectivity index (χ4n) is 2.59. The quantitative estimate of drug-likeness (QED) is 0.835. The van der Waals surface area contributed by atoms with Gasteiger partial charge in [-0.2, -0.15) is 0 Å². The summed E-state index contributed by atoms with van der Waals surface area (Å²) in [4.78, 5) is 0. The van der Waals surface area contributed by atoms with Crippen LogP contribution < -0.4 is 4.74 Å². The lowest BCUT2D eigenvalue weighted by Crippen LogP contribution is -2.19. The molecule has 0 aliphatic carbocycles. The Labute approximate surface area is 124 Å². The molecule has 0 radical (unpaired) electrons. The lowest BCUT2D eigenvalue weighted by atomic mass is 9.77. The van der Waals surface area contributed by atoms with E-state index in [1.54, 1.807) is 0 Å². The van der Waals surface area contributed by atoms with Gasteiger partial charge in [0.05, 0.1) is 6.61 Å². The van der Waals surface area contributed by atoms with Gasteiger partial charge in [-0.25, -0.2) is 0 Å². The van der Waals surface area contributed by atoms with Crippen molar-refractivity contribution in [3.63, 3.8) is 0 Å². The molecule has 0 spiro atoms. The molecule has 2 nitrogen and oxygen atoms in total. The number of hydrogen-bond donors (Lipinski definition) is 1. The summed E-state index contributed by atoms with van der Waals surface area (Å²) in [5.41, 5.74) is 2.79. The number of phenols is 1. The van der Waals surface area contributed by atoms with E-state index in [-0.39, 0.29) is 10.8 Å². The van der Waals surface area contributed by atoms with Gasteiger partial charge >= 0.3 is 0 Å². The monoisotopic (exact) mass is 278 g/mol. The van der Waals surface area contributed by atoms with Crippen molar-refractivity contribution in [1.29, 1.82) is 0 Å². The van der Waals surface area contributed by atoms with Crippen molar-refractivity contribution in [3.05, 3.63) is 22.8 Å². The topological polar surface area (TPSA) is 29.5 Å². The molecular weight excluding hydrogens is 248 g/mol. The molecule has 2 heteroatoms. The molecule has 0 aromatic heterocycles. The normalized spacial score (nSPS) is 12.6. The molecular formula is C18H30O2. The van der Waals surface area contributed by atoms with Crippen molar-refractivity contribution in [2.45, 2.75) is 72.6 Å². The van der Waals surface area contributed by atoms with Gasteiger partial charge in [-0.15, -0.1) is 0 Å². The van der Waals surface area contributed by atoms with Crippen molar-refractivity contribution < 1.29 is 9.84 Å². The summed E-state index contributed by atoms with van der Waals surface area (Å²) in [6.45, 7) is 17.6. The van der Waals surface area contributed by atoms with Crippen molar-refractivity contribution in [3.8, 4) is 11.5 Å². The van der Waals surface area contributed by atoms with Gasteiger partial charge < -0.3 is 9.84 Å². The second kappa shape index (κ2) is 5.67. The van der Waals surface area contributed by atoms with Gasteiger partial charge in [-0.05, 0) is 35.8 Å². The van der Waals surface area contributed by atoms with Crippen LogP contribution in [0.1, 0.15) is 71.6 Å². The first-order chi connectivity index (χ1) is 9.00. The molecule has 1 aromatic rings. The molecule has 0 amide bonds. The number of hydrogen-bond acceptors (Lipinski definition) is 2. The molecule has 0 unspecified atom stereocenters. The maximum atomic E-state index is 10.7. The highest BCUT2D eigenvalue weighted by atomic mass is 16.5. The maximum Gasteiger partial charge on any atom is 0.123 e. The molecule has 1 aromatic carbocycles. The zero-order chi connectivity index (χ0) is 15.7. The molecule has 1 rings (SSSR count). The minimum Gasteiger partial charge on any atom is -0.507 e. The van der Waals surface area contributed by atoms with Crippen LogP contribution in [-0.4, -0.2) is 11.7 Å². The van der Waals surface area contributed by atoms with Gasteiger partial charge in [0.2, 0.25) is 0 Å². The Bertz CT molecular complexity index is 474. The first-order valence-electron chi connectivity index (χ1n) is 7.50. The summed E-state index contributed by atoms with van der Waals surface area (Å²) in [5, 5.41) is 10.7. The average molecular weight is 278 g/mol. The first-order valence-corrected chi connectivity index (χ1v) is 7.50. The van der Waals surface area contributed by atoms with Crippen LogP contribution in [0, 0.1) is 6.92 Å². The Balaban J connectivity index is 3.57. The van der Waals surface area contributed by atoms with E-state index in [2.05, 4.69) is 48.5 Å². The van der Waals surface area contributed by atoms with Gasteiger partial charge in [-0.3, -0.25) is 0 Å². The fraction of sp³-hybridized carbons (Fsp3) is 0.667. The van der Waals surface area contributed by atoms with Gasteiger partial charge in [-0.1, -0.05) is 48.5 Å². The van der Waals surface area contributed by atoms with E-state index in [1.807, 2.05) is 13.0 Å². The third-order valence-electron chi connectivity index (χ3n) is 3.53. The highest BCUT2D eigenvalue weighted by Crippen LogP contribution is 2.44. The smallest absolute Gasteiger partial charge is 0.123 e. The second-order valence-corrected chi connectivity index (χ2v) is 7.62. The summed E-state index contributed by atoms with van der Waals surface area (Å²) in [6.07, 6.45) is 0.982. The SMILES string of the molecule is CCCOc1cc(C(C)(C)C)c(O)c(C(C)(C)C)c1C. The number of aromatic hydroxyl groups is 1. The van der Waals surface area contributed by atoms with E-state index in [0.29, 0.717) is 12.4 Å². The number of ether oxygens (including phenoxy) is 1. The molecule has 0 saturated carbocycles. The minimum absolute atomic E-state index is 0.109. The molecule has 0 aliphatic heterocycles. The van der Waals surface area contributed by atoms with E-state index in [9.17, 15) is 5.11 Å². The summed E-state index contributed by atoms with van der Waals surface area (Å²) >= 11 is 0. The number of rotatable bonds is 3. The average Bonchev–Trinajstić information content (AvgIpc) is 2.24. The molecule has 0 fully saturated rings. The third-order valence-corrected chi connectivity index (χ3v) is 3.53. The van der Waals surface area contributed by atoms with Crippen LogP contribution in [0.3, 0.4) is 0 Å². The summed E-state index contributed by atoms with van der Waals surface area (Å²) < 4.78 is 5.90. The van der Waals surface area contributed by atoms with Crippen molar-refractivity contribution in [1.82, 2.24) is 0 Å². The van der Waals surface area contributed by atoms with E-state index >= 15 is 0 Å². The molecule has 0 atom stereocenters. The lowest BCUT2D eigenvalue weighted by Gasteiger charge is -2.30. The number of benzene rings is 1. The van der Waals surface area contributed by atoms with Gasteiger partial charge in [0.25, 0.3) is 0 Å². The molecule has 114 valence electrons.